The van der Waals surface area contributed by atoms with E-state index in [1.54, 1.807) is 0 Å². The van der Waals surface area contributed by atoms with E-state index in [9.17, 15) is 4.79 Å². The first kappa shape index (κ1) is 13.9. The van der Waals surface area contributed by atoms with E-state index in [0.29, 0.717) is 12.6 Å². The Morgan fingerprint density at radius 2 is 2.16 bits per heavy atom. The molecule has 104 valence electrons. The Bertz CT molecular complexity index is 455. The van der Waals surface area contributed by atoms with Gasteiger partial charge in [0.05, 0.1) is 7.11 Å². The van der Waals surface area contributed by atoms with Gasteiger partial charge in [-0.3, -0.25) is 10.1 Å². The molecule has 4 nitrogen and oxygen atoms in total. The van der Waals surface area contributed by atoms with E-state index >= 15 is 0 Å². The number of esters is 1. The van der Waals surface area contributed by atoms with Crippen molar-refractivity contribution in [3.05, 3.63) is 29.3 Å². The van der Waals surface area contributed by atoms with Gasteiger partial charge in [0, 0.05) is 6.04 Å². The zero-order chi connectivity index (χ0) is 13.8. The Balaban J connectivity index is 1.97. The number of hydrogen-bond donors (Lipinski definition) is 1. The van der Waals surface area contributed by atoms with Crippen LogP contribution in [-0.4, -0.2) is 31.8 Å². The summed E-state index contributed by atoms with van der Waals surface area (Å²) >= 11 is 0. The normalized spacial score (nSPS) is 15.9. The Hall–Kier alpha value is -1.55. The largest absolute Gasteiger partial charge is 0.491 e. The highest BCUT2D eigenvalue weighted by molar-refractivity contribution is 5.76. The number of nitrogens with one attached hydrogen (secondary N) is 1. The molecule has 0 radical (unpaired) electrons. The van der Waals surface area contributed by atoms with Crippen LogP contribution in [0.4, 0.5) is 0 Å². The predicted molar refractivity (Wildman–Crippen MR) is 73.4 cm³/mol. The summed E-state index contributed by atoms with van der Waals surface area (Å²) < 4.78 is 10.6. The number of rotatable bonds is 6. The molecular formula is C15H21NO3. The lowest BCUT2D eigenvalue weighted by Gasteiger charge is -2.18. The molecule has 0 bridgehead atoms. The Morgan fingerprint density at radius 1 is 1.42 bits per heavy atom. The summed E-state index contributed by atoms with van der Waals surface area (Å²) in [6, 6.07) is 5.97. The van der Waals surface area contributed by atoms with Crippen LogP contribution in [0.25, 0.3) is 0 Å². The quantitative estimate of drug-likeness (QED) is 0.797. The summed E-state index contributed by atoms with van der Waals surface area (Å²) in [4.78, 5) is 11.7. The highest BCUT2D eigenvalue weighted by Gasteiger charge is 2.29. The van der Waals surface area contributed by atoms with Gasteiger partial charge in [0.25, 0.3) is 0 Å². The molecule has 2 rings (SSSR count). The summed E-state index contributed by atoms with van der Waals surface area (Å²) in [7, 11) is 1.40. The molecule has 1 aliphatic rings. The van der Waals surface area contributed by atoms with Crippen molar-refractivity contribution in [3.63, 3.8) is 0 Å². The lowest BCUT2D eigenvalue weighted by molar-refractivity contribution is -0.144. The van der Waals surface area contributed by atoms with E-state index in [1.165, 1.54) is 12.7 Å². The van der Waals surface area contributed by atoms with E-state index in [4.69, 9.17) is 9.47 Å². The van der Waals surface area contributed by atoms with Crippen molar-refractivity contribution in [2.24, 2.45) is 0 Å². The van der Waals surface area contributed by atoms with E-state index in [1.807, 2.05) is 32.0 Å². The minimum atomic E-state index is -0.391. The second kappa shape index (κ2) is 6.06. The molecule has 19 heavy (non-hydrogen) atoms. The molecule has 0 saturated heterocycles. The highest BCUT2D eigenvalue weighted by Crippen LogP contribution is 2.22. The molecule has 0 spiro atoms. The fraction of sp³-hybridized carbons (Fsp3) is 0.533. The average Bonchev–Trinajstić information content (AvgIpc) is 3.22. The SMILES string of the molecule is COC(=O)C(COc1cccc(C)c1C)NC1CC1. The van der Waals surface area contributed by atoms with Crippen molar-refractivity contribution < 1.29 is 14.3 Å². The Kier molecular flexibility index (Phi) is 4.43. The third-order valence-corrected chi connectivity index (χ3v) is 3.46. The molecule has 4 heteroatoms. The topological polar surface area (TPSA) is 47.6 Å². The maximum absolute atomic E-state index is 11.7. The molecule has 1 fully saturated rings. The monoisotopic (exact) mass is 263 g/mol. The van der Waals surface area contributed by atoms with Crippen LogP contribution in [0, 0.1) is 13.8 Å². The van der Waals surface area contributed by atoms with Gasteiger partial charge in [0.15, 0.2) is 0 Å². The maximum Gasteiger partial charge on any atom is 0.326 e. The zero-order valence-corrected chi connectivity index (χ0v) is 11.7. The molecule has 1 unspecified atom stereocenters. The number of hydrogen-bond acceptors (Lipinski definition) is 4. The summed E-state index contributed by atoms with van der Waals surface area (Å²) in [5.41, 5.74) is 2.29. The molecule has 0 aliphatic heterocycles. The smallest absolute Gasteiger partial charge is 0.326 e. The van der Waals surface area contributed by atoms with Gasteiger partial charge >= 0.3 is 5.97 Å². The minimum Gasteiger partial charge on any atom is -0.491 e. The maximum atomic E-state index is 11.7. The second-order valence-corrected chi connectivity index (χ2v) is 5.03. The first-order valence-electron chi connectivity index (χ1n) is 6.64. The summed E-state index contributed by atoms with van der Waals surface area (Å²) in [5, 5.41) is 3.25. The van der Waals surface area contributed by atoms with Crippen molar-refractivity contribution >= 4 is 5.97 Å². The lowest BCUT2D eigenvalue weighted by Crippen LogP contribution is -2.43. The van der Waals surface area contributed by atoms with Crippen molar-refractivity contribution in [2.75, 3.05) is 13.7 Å². The van der Waals surface area contributed by atoms with Gasteiger partial charge < -0.3 is 9.47 Å². The van der Waals surface area contributed by atoms with Crippen molar-refractivity contribution in [1.82, 2.24) is 5.32 Å². The van der Waals surface area contributed by atoms with Crippen molar-refractivity contribution in [1.29, 1.82) is 0 Å². The fourth-order valence-corrected chi connectivity index (χ4v) is 1.91. The Labute approximate surface area is 114 Å². The van der Waals surface area contributed by atoms with Crippen LogP contribution >= 0.6 is 0 Å². The van der Waals surface area contributed by atoms with Gasteiger partial charge in [-0.25, -0.2) is 0 Å². The van der Waals surface area contributed by atoms with Gasteiger partial charge in [-0.1, -0.05) is 12.1 Å². The van der Waals surface area contributed by atoms with Gasteiger partial charge in [0.1, 0.15) is 18.4 Å². The standard InChI is InChI=1S/C15H21NO3/c1-10-5-4-6-14(11(10)2)19-9-13(15(17)18-3)16-12-7-8-12/h4-6,12-13,16H,7-9H2,1-3H3. The molecule has 1 N–H and O–H groups in total. The number of carbonyl (C=O) groups excluding carboxylic acids is 1. The van der Waals surface area contributed by atoms with Gasteiger partial charge in [0.2, 0.25) is 0 Å². The molecule has 1 aromatic rings. The van der Waals surface area contributed by atoms with Crippen LogP contribution in [0.2, 0.25) is 0 Å². The lowest BCUT2D eigenvalue weighted by atomic mass is 10.1. The van der Waals surface area contributed by atoms with Crippen molar-refractivity contribution in [3.8, 4) is 5.75 Å². The van der Waals surface area contributed by atoms with E-state index < -0.39 is 6.04 Å². The molecule has 0 heterocycles. The van der Waals surface area contributed by atoms with Gasteiger partial charge in [-0.05, 0) is 43.9 Å². The van der Waals surface area contributed by atoms with Crippen LogP contribution in [0.3, 0.4) is 0 Å². The molecule has 1 atom stereocenters. The van der Waals surface area contributed by atoms with Crippen LogP contribution in [0.5, 0.6) is 5.75 Å². The molecular weight excluding hydrogens is 242 g/mol. The third-order valence-electron chi connectivity index (χ3n) is 3.46. The van der Waals surface area contributed by atoms with E-state index in [0.717, 1.165) is 24.2 Å². The van der Waals surface area contributed by atoms with Gasteiger partial charge in [-0.2, -0.15) is 0 Å². The zero-order valence-electron chi connectivity index (χ0n) is 11.7. The number of benzene rings is 1. The summed E-state index contributed by atoms with van der Waals surface area (Å²) in [5.74, 6) is 0.559. The fourth-order valence-electron chi connectivity index (χ4n) is 1.91. The van der Waals surface area contributed by atoms with E-state index in [2.05, 4.69) is 5.32 Å². The van der Waals surface area contributed by atoms with Crippen LogP contribution in [-0.2, 0) is 9.53 Å². The molecule has 0 amide bonds. The van der Waals surface area contributed by atoms with Crippen molar-refractivity contribution in [2.45, 2.75) is 38.8 Å². The molecule has 0 aromatic heterocycles. The van der Waals surface area contributed by atoms with Gasteiger partial charge in [-0.15, -0.1) is 0 Å². The van der Waals surface area contributed by atoms with Crippen LogP contribution < -0.4 is 10.1 Å². The molecule has 1 aromatic carbocycles. The minimum absolute atomic E-state index is 0.266. The second-order valence-electron chi connectivity index (χ2n) is 5.03. The number of aryl methyl sites for hydroxylation is 1. The first-order valence-corrected chi connectivity index (χ1v) is 6.64. The third kappa shape index (κ3) is 3.70. The average molecular weight is 263 g/mol. The summed E-state index contributed by atoms with van der Waals surface area (Å²) in [6.07, 6.45) is 2.24. The first-order chi connectivity index (χ1) is 9.11. The van der Waals surface area contributed by atoms with Crippen LogP contribution in [0.15, 0.2) is 18.2 Å². The van der Waals surface area contributed by atoms with Crippen LogP contribution in [0.1, 0.15) is 24.0 Å². The number of carbonyl (C=O) groups is 1. The predicted octanol–water partition coefficient (Wildman–Crippen LogP) is 1.98. The summed E-state index contributed by atoms with van der Waals surface area (Å²) in [6.45, 7) is 4.36. The molecule has 1 saturated carbocycles. The number of methoxy groups -OCH3 is 1. The molecule has 1 aliphatic carbocycles. The Morgan fingerprint density at radius 3 is 2.79 bits per heavy atom. The highest BCUT2D eigenvalue weighted by atomic mass is 16.5. The van der Waals surface area contributed by atoms with E-state index in [-0.39, 0.29) is 5.97 Å². The number of ether oxygens (including phenoxy) is 2.